The number of thiophene rings is 1. The fourth-order valence-electron chi connectivity index (χ4n) is 4.68. The van der Waals surface area contributed by atoms with E-state index in [1.54, 1.807) is 11.3 Å². The third kappa shape index (κ3) is 2.80. The Morgan fingerprint density at radius 3 is 3.04 bits per heavy atom. The maximum atomic E-state index is 12.9. The molecule has 2 atom stereocenters. The topological polar surface area (TPSA) is 49.0 Å². The summed E-state index contributed by atoms with van der Waals surface area (Å²) in [5, 5.41) is 0.844. The zero-order chi connectivity index (χ0) is 18.5. The monoisotopic (exact) mass is 379 g/mol. The second kappa shape index (κ2) is 6.48. The van der Waals surface area contributed by atoms with Crippen molar-refractivity contribution in [2.75, 3.05) is 11.4 Å². The maximum absolute atomic E-state index is 12.9. The Bertz CT molecular complexity index is 1070. The first kappa shape index (κ1) is 17.0. The summed E-state index contributed by atoms with van der Waals surface area (Å²) in [5.74, 6) is 1.49. The third-order valence-electron chi connectivity index (χ3n) is 6.19. The van der Waals surface area contributed by atoms with Crippen LogP contribution in [0.3, 0.4) is 0 Å². The summed E-state index contributed by atoms with van der Waals surface area (Å²) >= 11 is 1.73. The lowest BCUT2D eigenvalue weighted by atomic mass is 9.89. The van der Waals surface area contributed by atoms with Crippen LogP contribution in [0.5, 0.6) is 0 Å². The van der Waals surface area contributed by atoms with Gasteiger partial charge in [-0.2, -0.15) is 0 Å². The van der Waals surface area contributed by atoms with E-state index in [1.165, 1.54) is 28.1 Å². The second-order valence-corrected chi connectivity index (χ2v) is 9.17. The number of rotatable bonds is 2. The predicted octanol–water partition coefficient (Wildman–Crippen LogP) is 4.62. The van der Waals surface area contributed by atoms with E-state index in [4.69, 9.17) is 4.98 Å². The van der Waals surface area contributed by atoms with Gasteiger partial charge in [0.15, 0.2) is 0 Å². The summed E-state index contributed by atoms with van der Waals surface area (Å²) in [6, 6.07) is 8.66. The number of aromatic nitrogens is 2. The quantitative estimate of drug-likeness (QED) is 0.707. The molecule has 0 bridgehead atoms. The summed E-state index contributed by atoms with van der Waals surface area (Å²) in [6.07, 6.45) is 5.52. The fraction of sp³-hybridized carbons (Fsp3) is 0.455. The Kier molecular flexibility index (Phi) is 4.08. The molecule has 140 valence electrons. The van der Waals surface area contributed by atoms with E-state index in [9.17, 15) is 4.79 Å². The van der Waals surface area contributed by atoms with Crippen molar-refractivity contribution in [1.82, 2.24) is 9.97 Å². The highest BCUT2D eigenvalue weighted by Gasteiger charge is 2.27. The first-order valence-corrected chi connectivity index (χ1v) is 10.8. The molecular weight excluding hydrogens is 354 g/mol. The number of nitrogens with one attached hydrogen (secondary N) is 1. The number of hydrogen-bond donors (Lipinski definition) is 1. The number of hydrogen-bond acceptors (Lipinski definition) is 4. The molecule has 3 heterocycles. The molecule has 5 rings (SSSR count). The summed E-state index contributed by atoms with van der Waals surface area (Å²) in [7, 11) is 0. The number of aromatic amines is 1. The van der Waals surface area contributed by atoms with E-state index >= 15 is 0 Å². The van der Waals surface area contributed by atoms with E-state index in [-0.39, 0.29) is 11.6 Å². The number of fused-ring (bicyclic) bond motifs is 4. The lowest BCUT2D eigenvalue weighted by Crippen LogP contribution is -2.33. The zero-order valence-corrected chi connectivity index (χ0v) is 16.7. The smallest absolute Gasteiger partial charge is 0.259 e. The molecule has 2 aromatic heterocycles. The van der Waals surface area contributed by atoms with Crippen LogP contribution >= 0.6 is 11.3 Å². The average Bonchev–Trinajstić information content (AvgIpc) is 3.04. The molecular formula is C22H25N3OS. The second-order valence-electron chi connectivity index (χ2n) is 8.08. The molecule has 0 spiro atoms. The van der Waals surface area contributed by atoms with Crippen molar-refractivity contribution in [2.45, 2.75) is 52.0 Å². The maximum Gasteiger partial charge on any atom is 0.259 e. The highest BCUT2D eigenvalue weighted by atomic mass is 32.1. The van der Waals surface area contributed by atoms with Crippen molar-refractivity contribution in [3.8, 4) is 0 Å². The molecule has 1 aliphatic carbocycles. The van der Waals surface area contributed by atoms with Gasteiger partial charge in [-0.15, -0.1) is 11.3 Å². The van der Waals surface area contributed by atoms with Crippen LogP contribution in [-0.4, -0.2) is 16.5 Å². The molecule has 3 aromatic rings. The minimum atomic E-state index is 0.0409. The van der Waals surface area contributed by atoms with Crippen molar-refractivity contribution in [2.24, 2.45) is 5.92 Å². The Morgan fingerprint density at radius 1 is 1.30 bits per heavy atom. The van der Waals surface area contributed by atoms with Crippen LogP contribution < -0.4 is 10.5 Å². The molecule has 27 heavy (non-hydrogen) atoms. The third-order valence-corrected chi connectivity index (χ3v) is 7.34. The number of anilines is 1. The van der Waals surface area contributed by atoms with Crippen molar-refractivity contribution in [3.63, 3.8) is 0 Å². The minimum Gasteiger partial charge on any atom is -0.361 e. The Hall–Kier alpha value is -2.14. The zero-order valence-electron chi connectivity index (χ0n) is 15.9. The van der Waals surface area contributed by atoms with Crippen LogP contribution in [0.1, 0.15) is 54.6 Å². The van der Waals surface area contributed by atoms with E-state index in [2.05, 4.69) is 48.0 Å². The van der Waals surface area contributed by atoms with Crippen LogP contribution in [-0.2, 0) is 19.3 Å². The van der Waals surface area contributed by atoms with Crippen molar-refractivity contribution in [3.05, 3.63) is 56.4 Å². The molecule has 4 nitrogen and oxygen atoms in total. The SMILES string of the molecule is CC1CCc2c(sc3nc(C(C)N4CCCc5ccccc54)[nH]c(=O)c23)C1. The fourth-order valence-corrected chi connectivity index (χ4v) is 6.07. The van der Waals surface area contributed by atoms with Gasteiger partial charge in [0, 0.05) is 17.1 Å². The van der Waals surface area contributed by atoms with E-state index in [0.717, 1.165) is 48.3 Å². The van der Waals surface area contributed by atoms with Crippen molar-refractivity contribution >= 4 is 27.2 Å². The first-order chi connectivity index (χ1) is 13.1. The molecule has 0 saturated carbocycles. The molecule has 1 aliphatic heterocycles. The number of H-pyrrole nitrogens is 1. The van der Waals surface area contributed by atoms with E-state index in [0.29, 0.717) is 5.92 Å². The summed E-state index contributed by atoms with van der Waals surface area (Å²) < 4.78 is 0. The summed E-state index contributed by atoms with van der Waals surface area (Å²) in [6.45, 7) is 5.45. The molecule has 0 saturated heterocycles. The minimum absolute atomic E-state index is 0.0409. The van der Waals surface area contributed by atoms with Crippen LogP contribution in [0.2, 0.25) is 0 Å². The van der Waals surface area contributed by atoms with Gasteiger partial charge in [-0.1, -0.05) is 25.1 Å². The van der Waals surface area contributed by atoms with Crippen LogP contribution in [0.4, 0.5) is 5.69 Å². The normalized spacial score (nSPS) is 20.4. The summed E-state index contributed by atoms with van der Waals surface area (Å²) in [5.41, 5.74) is 3.96. The number of nitrogens with zero attached hydrogens (tertiary/aromatic N) is 2. The lowest BCUT2D eigenvalue weighted by molar-refractivity contribution is 0.509. The largest absolute Gasteiger partial charge is 0.361 e. The molecule has 0 amide bonds. The van der Waals surface area contributed by atoms with Gasteiger partial charge in [0.05, 0.1) is 11.4 Å². The van der Waals surface area contributed by atoms with Crippen molar-refractivity contribution < 1.29 is 0 Å². The molecule has 1 N–H and O–H groups in total. The molecule has 2 aliphatic rings. The molecule has 0 fully saturated rings. The van der Waals surface area contributed by atoms with Crippen molar-refractivity contribution in [1.29, 1.82) is 0 Å². The lowest BCUT2D eigenvalue weighted by Gasteiger charge is -2.35. The van der Waals surface area contributed by atoms with Crippen LogP contribution in [0, 0.1) is 5.92 Å². The van der Waals surface area contributed by atoms with E-state index in [1.807, 2.05) is 0 Å². The predicted molar refractivity (Wildman–Crippen MR) is 112 cm³/mol. The van der Waals surface area contributed by atoms with Gasteiger partial charge in [-0.3, -0.25) is 4.79 Å². The molecule has 0 radical (unpaired) electrons. The first-order valence-electron chi connectivity index (χ1n) is 10.0. The van der Waals surface area contributed by atoms with E-state index < -0.39 is 0 Å². The molecule has 1 aromatic carbocycles. The van der Waals surface area contributed by atoms with Gasteiger partial charge in [-0.25, -0.2) is 4.98 Å². The number of benzene rings is 1. The van der Waals surface area contributed by atoms with Gasteiger partial charge in [0.25, 0.3) is 5.56 Å². The Labute approximate surface area is 163 Å². The number of para-hydroxylation sites is 1. The number of aryl methyl sites for hydroxylation is 2. The van der Waals surface area contributed by atoms with Crippen LogP contribution in [0.15, 0.2) is 29.1 Å². The molecule has 5 heteroatoms. The Balaban J connectivity index is 1.57. The van der Waals surface area contributed by atoms with Gasteiger partial charge < -0.3 is 9.88 Å². The average molecular weight is 380 g/mol. The van der Waals surface area contributed by atoms with Gasteiger partial charge in [0.1, 0.15) is 10.7 Å². The Morgan fingerprint density at radius 2 is 2.15 bits per heavy atom. The highest BCUT2D eigenvalue weighted by molar-refractivity contribution is 7.18. The van der Waals surface area contributed by atoms with Gasteiger partial charge >= 0.3 is 0 Å². The summed E-state index contributed by atoms with van der Waals surface area (Å²) in [4.78, 5) is 25.7. The standard InChI is InChI=1S/C22H25N3OS/c1-13-9-10-16-18(12-13)27-22-19(16)21(26)23-20(24-22)14(2)25-11-5-7-15-6-3-4-8-17(15)25/h3-4,6,8,13-14H,5,7,9-12H2,1-2H3,(H,23,24,26). The highest BCUT2D eigenvalue weighted by Crippen LogP contribution is 2.37. The van der Waals surface area contributed by atoms with Gasteiger partial charge in [-0.05, 0) is 62.1 Å². The van der Waals surface area contributed by atoms with Crippen LogP contribution in [0.25, 0.3) is 10.2 Å². The molecule has 2 unspecified atom stereocenters. The van der Waals surface area contributed by atoms with Gasteiger partial charge in [0.2, 0.25) is 0 Å².